The summed E-state index contributed by atoms with van der Waals surface area (Å²) < 4.78 is 5.52. The Balaban J connectivity index is 1.61. The zero-order chi connectivity index (χ0) is 20.2. The maximum atomic E-state index is 13.3. The standard InChI is InChI=1S/C21H23Br2NO4/c1-10(2)8-14(21(27)28-11-6-4-3-5-7-11)24-19(25)15-12-9-13(16(15)20(24)26)18(23)17(12)22/h3-7,10,12-18H,8-9H2,1-2H3/t12-,13+,14-,15-,16-,17+,18+/m0/s1. The fourth-order valence-corrected chi connectivity index (χ4v) is 6.98. The number of halogens is 2. The summed E-state index contributed by atoms with van der Waals surface area (Å²) in [6.45, 7) is 3.95. The Bertz CT molecular complexity index is 767. The quantitative estimate of drug-likeness (QED) is 0.260. The van der Waals surface area contributed by atoms with Gasteiger partial charge in [0.05, 0.1) is 11.8 Å². The third kappa shape index (κ3) is 3.15. The highest BCUT2D eigenvalue weighted by atomic mass is 79.9. The van der Waals surface area contributed by atoms with Crippen molar-refractivity contribution in [1.82, 2.24) is 4.90 Å². The maximum Gasteiger partial charge on any atom is 0.334 e. The minimum atomic E-state index is -0.882. The van der Waals surface area contributed by atoms with Crippen LogP contribution in [0.2, 0.25) is 0 Å². The van der Waals surface area contributed by atoms with Gasteiger partial charge >= 0.3 is 5.97 Å². The number of nitrogens with zero attached hydrogens (tertiary/aromatic N) is 1. The first-order valence-corrected chi connectivity index (χ1v) is 11.6. The Hall–Kier alpha value is -1.21. The highest BCUT2D eigenvalue weighted by Crippen LogP contribution is 2.60. The Kier molecular flexibility index (Phi) is 5.42. The molecule has 7 atom stereocenters. The van der Waals surface area contributed by atoms with E-state index in [-0.39, 0.29) is 51.1 Å². The molecule has 2 amide bonds. The van der Waals surface area contributed by atoms with Gasteiger partial charge in [-0.05, 0) is 42.7 Å². The highest BCUT2D eigenvalue weighted by Gasteiger charge is 2.67. The van der Waals surface area contributed by atoms with Gasteiger partial charge in [-0.15, -0.1) is 0 Å². The molecular weight excluding hydrogens is 490 g/mol. The van der Waals surface area contributed by atoms with Crippen molar-refractivity contribution in [2.24, 2.45) is 29.6 Å². The predicted molar refractivity (Wildman–Crippen MR) is 111 cm³/mol. The van der Waals surface area contributed by atoms with E-state index in [4.69, 9.17) is 4.74 Å². The van der Waals surface area contributed by atoms with E-state index in [0.29, 0.717) is 12.2 Å². The minimum Gasteiger partial charge on any atom is -0.425 e. The van der Waals surface area contributed by atoms with E-state index in [9.17, 15) is 14.4 Å². The van der Waals surface area contributed by atoms with Crippen molar-refractivity contribution < 1.29 is 19.1 Å². The fourth-order valence-electron chi connectivity index (χ4n) is 5.11. The topological polar surface area (TPSA) is 63.7 Å². The van der Waals surface area contributed by atoms with Gasteiger partial charge in [0.2, 0.25) is 11.8 Å². The number of rotatable bonds is 5. The van der Waals surface area contributed by atoms with Crippen molar-refractivity contribution in [3.8, 4) is 5.75 Å². The molecule has 0 N–H and O–H groups in total. The van der Waals surface area contributed by atoms with Crippen molar-refractivity contribution in [3.05, 3.63) is 30.3 Å². The predicted octanol–water partition coefficient (Wildman–Crippen LogP) is 3.78. The molecule has 1 aromatic carbocycles. The summed E-state index contributed by atoms with van der Waals surface area (Å²) in [5, 5.41) is 0. The van der Waals surface area contributed by atoms with Crippen LogP contribution < -0.4 is 4.74 Å². The number of ether oxygens (including phenoxy) is 1. The molecule has 0 unspecified atom stereocenters. The largest absolute Gasteiger partial charge is 0.425 e. The fraction of sp³-hybridized carbons (Fsp3) is 0.571. The monoisotopic (exact) mass is 511 g/mol. The molecule has 5 nitrogen and oxygen atoms in total. The molecule has 1 heterocycles. The van der Waals surface area contributed by atoms with Gasteiger partial charge in [0.25, 0.3) is 0 Å². The first-order valence-electron chi connectivity index (χ1n) is 9.73. The number of esters is 1. The Labute approximate surface area is 181 Å². The van der Waals surface area contributed by atoms with Crippen LogP contribution in [-0.2, 0) is 14.4 Å². The van der Waals surface area contributed by atoms with Crippen molar-refractivity contribution >= 4 is 49.6 Å². The molecule has 0 radical (unpaired) electrons. The van der Waals surface area contributed by atoms with Crippen molar-refractivity contribution in [2.45, 2.75) is 42.4 Å². The van der Waals surface area contributed by atoms with Crippen LogP contribution in [0.5, 0.6) is 5.75 Å². The molecule has 2 bridgehead atoms. The van der Waals surface area contributed by atoms with Gasteiger partial charge in [0, 0.05) is 9.65 Å². The van der Waals surface area contributed by atoms with Gasteiger partial charge in [0.1, 0.15) is 11.8 Å². The number of likely N-dealkylation sites (tertiary alicyclic amines) is 1. The molecule has 7 heteroatoms. The molecule has 4 rings (SSSR count). The average molecular weight is 513 g/mol. The summed E-state index contributed by atoms with van der Waals surface area (Å²) in [7, 11) is 0. The Morgan fingerprint density at radius 3 is 2.11 bits per heavy atom. The molecule has 1 aliphatic heterocycles. The van der Waals surface area contributed by atoms with Crippen LogP contribution in [0.15, 0.2) is 30.3 Å². The second kappa shape index (κ2) is 7.56. The van der Waals surface area contributed by atoms with Crippen LogP contribution in [0, 0.1) is 29.6 Å². The molecule has 0 aromatic heterocycles. The summed E-state index contributed by atoms with van der Waals surface area (Å²) in [4.78, 5) is 41.1. The molecule has 3 aliphatic rings. The van der Waals surface area contributed by atoms with E-state index in [1.807, 2.05) is 19.9 Å². The van der Waals surface area contributed by atoms with E-state index < -0.39 is 12.0 Å². The molecule has 1 saturated heterocycles. The number of alkyl halides is 2. The minimum absolute atomic E-state index is 0.130. The van der Waals surface area contributed by atoms with Crippen LogP contribution in [0.1, 0.15) is 26.7 Å². The van der Waals surface area contributed by atoms with E-state index >= 15 is 0 Å². The lowest BCUT2D eigenvalue weighted by Crippen LogP contribution is -2.48. The lowest BCUT2D eigenvalue weighted by atomic mass is 9.81. The number of fused-ring (bicyclic) bond motifs is 5. The Morgan fingerprint density at radius 1 is 1.07 bits per heavy atom. The first-order chi connectivity index (χ1) is 13.3. The molecule has 1 aromatic rings. The zero-order valence-electron chi connectivity index (χ0n) is 15.8. The number of amides is 2. The van der Waals surface area contributed by atoms with Crippen LogP contribution in [-0.4, -0.2) is 38.4 Å². The SMILES string of the molecule is CC(C)C[C@@H](C(=O)Oc1ccccc1)N1C(=O)[C@H]2[C@@H]3C[C@@H]([C@@H](Br)[C@@H]3Br)[C@@H]2C1=O. The number of carbonyl (C=O) groups excluding carboxylic acids is 3. The van der Waals surface area contributed by atoms with Gasteiger partial charge in [-0.1, -0.05) is 63.9 Å². The van der Waals surface area contributed by atoms with E-state index in [2.05, 4.69) is 31.9 Å². The number of carbonyl (C=O) groups is 3. The molecule has 150 valence electrons. The summed E-state index contributed by atoms with van der Waals surface area (Å²) >= 11 is 7.39. The second-order valence-corrected chi connectivity index (χ2v) is 10.5. The zero-order valence-corrected chi connectivity index (χ0v) is 18.9. The lowest BCUT2D eigenvalue weighted by molar-refractivity contribution is -0.154. The summed E-state index contributed by atoms with van der Waals surface area (Å²) in [5.74, 6) is -0.787. The average Bonchev–Trinajstić information content (AvgIpc) is 3.26. The van der Waals surface area contributed by atoms with Gasteiger partial charge in [0.15, 0.2) is 0 Å². The van der Waals surface area contributed by atoms with E-state index in [1.54, 1.807) is 24.3 Å². The summed E-state index contributed by atoms with van der Waals surface area (Å²) in [6.07, 6.45) is 1.27. The number of imide groups is 1. The first kappa shape index (κ1) is 20.1. The normalized spacial score (nSPS) is 34.8. The van der Waals surface area contributed by atoms with Gasteiger partial charge in [-0.25, -0.2) is 4.79 Å². The third-order valence-corrected chi connectivity index (χ3v) is 9.47. The van der Waals surface area contributed by atoms with Crippen LogP contribution in [0.3, 0.4) is 0 Å². The number of hydrogen-bond donors (Lipinski definition) is 0. The Morgan fingerprint density at radius 2 is 1.61 bits per heavy atom. The van der Waals surface area contributed by atoms with E-state index in [1.165, 1.54) is 4.90 Å². The molecule has 0 spiro atoms. The summed E-state index contributed by atoms with van der Waals surface area (Å²) in [6, 6.07) is 7.89. The molecule has 2 aliphatic carbocycles. The smallest absolute Gasteiger partial charge is 0.334 e. The molecular formula is C21H23Br2NO4. The number of hydrogen-bond acceptors (Lipinski definition) is 4. The number of para-hydroxylation sites is 1. The van der Waals surface area contributed by atoms with Crippen LogP contribution in [0.25, 0.3) is 0 Å². The number of benzene rings is 1. The van der Waals surface area contributed by atoms with Crippen molar-refractivity contribution in [2.75, 3.05) is 0 Å². The second-order valence-electron chi connectivity index (χ2n) is 8.43. The van der Waals surface area contributed by atoms with Crippen molar-refractivity contribution in [1.29, 1.82) is 0 Å². The third-order valence-electron chi connectivity index (χ3n) is 6.26. The van der Waals surface area contributed by atoms with Crippen LogP contribution >= 0.6 is 31.9 Å². The van der Waals surface area contributed by atoms with Crippen molar-refractivity contribution in [3.63, 3.8) is 0 Å². The van der Waals surface area contributed by atoms with Gasteiger partial charge < -0.3 is 4.74 Å². The van der Waals surface area contributed by atoms with Gasteiger partial charge in [-0.2, -0.15) is 0 Å². The van der Waals surface area contributed by atoms with Crippen LogP contribution in [0.4, 0.5) is 0 Å². The molecule has 28 heavy (non-hydrogen) atoms. The summed E-state index contributed by atoms with van der Waals surface area (Å²) in [5.41, 5.74) is 0. The molecule has 3 fully saturated rings. The maximum absolute atomic E-state index is 13.3. The highest BCUT2D eigenvalue weighted by molar-refractivity contribution is 9.12. The lowest BCUT2D eigenvalue weighted by Gasteiger charge is -2.28. The van der Waals surface area contributed by atoms with E-state index in [0.717, 1.165) is 6.42 Å². The molecule has 2 saturated carbocycles. The van der Waals surface area contributed by atoms with Gasteiger partial charge in [-0.3, -0.25) is 14.5 Å².